The summed E-state index contributed by atoms with van der Waals surface area (Å²) in [6.45, 7) is 5.56. The van der Waals surface area contributed by atoms with Crippen molar-refractivity contribution in [2.75, 3.05) is 5.73 Å². The van der Waals surface area contributed by atoms with Crippen molar-refractivity contribution in [1.29, 1.82) is 0 Å². The van der Waals surface area contributed by atoms with Gasteiger partial charge >= 0.3 is 0 Å². The summed E-state index contributed by atoms with van der Waals surface area (Å²) in [6.07, 6.45) is 1.73. The second-order valence-electron chi connectivity index (χ2n) is 4.69. The Kier molecular flexibility index (Phi) is 4.12. The van der Waals surface area contributed by atoms with E-state index in [1.165, 1.54) is 17.4 Å². The topological polar surface area (TPSA) is 85.1 Å². The fourth-order valence-electron chi connectivity index (χ4n) is 1.83. The number of hydrogen-bond acceptors (Lipinski definition) is 5. The minimum atomic E-state index is -3.65. The molecule has 108 valence electrons. The highest BCUT2D eigenvalue weighted by molar-refractivity contribution is 7.89. The van der Waals surface area contributed by atoms with E-state index < -0.39 is 10.0 Å². The Labute approximate surface area is 122 Å². The van der Waals surface area contributed by atoms with Gasteiger partial charge in [-0.2, -0.15) is 0 Å². The number of thiazole rings is 1. The third kappa shape index (κ3) is 3.17. The monoisotopic (exact) mass is 311 g/mol. The van der Waals surface area contributed by atoms with Crippen LogP contribution in [0.4, 0.5) is 5.69 Å². The first-order chi connectivity index (χ1) is 9.29. The minimum Gasteiger partial charge on any atom is -0.398 e. The Morgan fingerprint density at radius 3 is 2.60 bits per heavy atom. The lowest BCUT2D eigenvalue weighted by Crippen LogP contribution is -2.27. The van der Waals surface area contributed by atoms with Crippen LogP contribution in [0.5, 0.6) is 0 Å². The fraction of sp³-hybridized carbons (Fsp3) is 0.308. The number of nitrogens with zero attached hydrogens (tertiary/aromatic N) is 1. The molecule has 0 amide bonds. The van der Waals surface area contributed by atoms with Gasteiger partial charge in [-0.1, -0.05) is 6.07 Å². The molecule has 2 rings (SSSR count). The van der Waals surface area contributed by atoms with Crippen LogP contribution in [0.3, 0.4) is 0 Å². The van der Waals surface area contributed by atoms with Gasteiger partial charge in [0.25, 0.3) is 0 Å². The van der Waals surface area contributed by atoms with Crippen LogP contribution in [-0.2, 0) is 10.0 Å². The highest BCUT2D eigenvalue weighted by Gasteiger charge is 2.22. The molecule has 1 unspecified atom stereocenters. The molecule has 1 heterocycles. The highest BCUT2D eigenvalue weighted by atomic mass is 32.2. The van der Waals surface area contributed by atoms with Gasteiger partial charge in [-0.3, -0.25) is 0 Å². The standard InChI is InChI=1S/C13H17N3O2S2/c1-8-4-5-12(11(14)6-8)20(17,18)16-10(3)13-15-7-9(2)19-13/h4-7,10,16H,14H2,1-3H3. The molecular formula is C13H17N3O2S2. The van der Waals surface area contributed by atoms with Crippen molar-refractivity contribution in [2.45, 2.75) is 31.7 Å². The molecule has 2 aromatic rings. The molecule has 0 spiro atoms. The molecule has 1 aromatic carbocycles. The number of anilines is 1. The quantitative estimate of drug-likeness (QED) is 0.849. The average Bonchev–Trinajstić information content (AvgIpc) is 2.74. The van der Waals surface area contributed by atoms with Gasteiger partial charge < -0.3 is 5.73 Å². The predicted octanol–water partition coefficient (Wildman–Crippen LogP) is 2.38. The molecule has 0 radical (unpaired) electrons. The number of benzene rings is 1. The van der Waals surface area contributed by atoms with Crippen molar-refractivity contribution in [2.24, 2.45) is 0 Å². The summed E-state index contributed by atoms with van der Waals surface area (Å²) in [6, 6.07) is 4.50. The molecule has 20 heavy (non-hydrogen) atoms. The molecule has 1 aromatic heterocycles. The Bertz CT molecular complexity index is 723. The lowest BCUT2D eigenvalue weighted by Gasteiger charge is -2.13. The first kappa shape index (κ1) is 15.0. The Morgan fingerprint density at radius 1 is 1.35 bits per heavy atom. The zero-order valence-corrected chi connectivity index (χ0v) is 13.2. The molecular weight excluding hydrogens is 294 g/mol. The van der Waals surface area contributed by atoms with Gasteiger partial charge in [0.1, 0.15) is 9.90 Å². The van der Waals surface area contributed by atoms with Crippen LogP contribution in [0.2, 0.25) is 0 Å². The molecule has 0 aliphatic rings. The van der Waals surface area contributed by atoms with Gasteiger partial charge in [0.05, 0.1) is 11.7 Å². The van der Waals surface area contributed by atoms with Crippen molar-refractivity contribution < 1.29 is 8.42 Å². The normalized spacial score (nSPS) is 13.3. The van der Waals surface area contributed by atoms with E-state index in [4.69, 9.17) is 5.73 Å². The lowest BCUT2D eigenvalue weighted by molar-refractivity contribution is 0.567. The van der Waals surface area contributed by atoms with E-state index in [2.05, 4.69) is 9.71 Å². The van der Waals surface area contributed by atoms with E-state index in [9.17, 15) is 8.42 Å². The molecule has 3 N–H and O–H groups in total. The van der Waals surface area contributed by atoms with E-state index >= 15 is 0 Å². The van der Waals surface area contributed by atoms with Crippen molar-refractivity contribution in [3.05, 3.63) is 39.8 Å². The first-order valence-electron chi connectivity index (χ1n) is 6.10. The van der Waals surface area contributed by atoms with Gasteiger partial charge in [-0.15, -0.1) is 11.3 Å². The molecule has 7 heteroatoms. The molecule has 0 aliphatic carbocycles. The van der Waals surface area contributed by atoms with Crippen LogP contribution >= 0.6 is 11.3 Å². The number of nitrogen functional groups attached to an aromatic ring is 1. The smallest absolute Gasteiger partial charge is 0.243 e. The summed E-state index contributed by atoms with van der Waals surface area (Å²) < 4.78 is 27.3. The Hall–Kier alpha value is -1.44. The SMILES string of the molecule is Cc1ccc(S(=O)(=O)NC(C)c2ncc(C)s2)c(N)c1. The van der Waals surface area contributed by atoms with Gasteiger partial charge in [0.15, 0.2) is 0 Å². The van der Waals surface area contributed by atoms with E-state index in [1.807, 2.05) is 13.8 Å². The minimum absolute atomic E-state index is 0.100. The van der Waals surface area contributed by atoms with Crippen molar-refractivity contribution in [1.82, 2.24) is 9.71 Å². The van der Waals surface area contributed by atoms with Gasteiger partial charge in [0.2, 0.25) is 10.0 Å². The van der Waals surface area contributed by atoms with Crippen LogP contribution in [0, 0.1) is 13.8 Å². The summed E-state index contributed by atoms with van der Waals surface area (Å²) in [5.41, 5.74) is 6.97. The van der Waals surface area contributed by atoms with E-state index in [0.29, 0.717) is 0 Å². The van der Waals surface area contributed by atoms with Crippen molar-refractivity contribution in [3.63, 3.8) is 0 Å². The van der Waals surface area contributed by atoms with Crippen molar-refractivity contribution >= 4 is 27.0 Å². The number of sulfonamides is 1. The third-order valence-electron chi connectivity index (χ3n) is 2.80. The molecule has 1 atom stereocenters. The molecule has 0 bridgehead atoms. The van der Waals surface area contributed by atoms with Gasteiger partial charge in [-0.25, -0.2) is 18.1 Å². The lowest BCUT2D eigenvalue weighted by atomic mass is 10.2. The summed E-state index contributed by atoms with van der Waals surface area (Å²) in [5.74, 6) is 0. The van der Waals surface area contributed by atoms with E-state index in [0.717, 1.165) is 15.4 Å². The summed E-state index contributed by atoms with van der Waals surface area (Å²) >= 11 is 1.47. The second kappa shape index (κ2) is 5.51. The van der Waals surface area contributed by atoms with Crippen molar-refractivity contribution in [3.8, 4) is 0 Å². The molecule has 5 nitrogen and oxygen atoms in total. The molecule has 0 aliphatic heterocycles. The van der Waals surface area contributed by atoms with E-state index in [1.54, 1.807) is 25.3 Å². The molecule has 0 fully saturated rings. The summed E-state index contributed by atoms with van der Waals surface area (Å²) in [7, 11) is -3.65. The largest absolute Gasteiger partial charge is 0.398 e. The maximum atomic E-state index is 12.3. The van der Waals surface area contributed by atoms with E-state index in [-0.39, 0.29) is 16.6 Å². The molecule has 0 saturated carbocycles. The number of aryl methyl sites for hydroxylation is 2. The zero-order chi connectivity index (χ0) is 14.9. The number of nitrogens with one attached hydrogen (secondary N) is 1. The maximum absolute atomic E-state index is 12.3. The third-order valence-corrected chi connectivity index (χ3v) is 5.51. The van der Waals surface area contributed by atoms with Crippen LogP contribution in [0.25, 0.3) is 0 Å². The van der Waals surface area contributed by atoms with Gasteiger partial charge in [0, 0.05) is 11.1 Å². The Morgan fingerprint density at radius 2 is 2.05 bits per heavy atom. The number of nitrogens with two attached hydrogens (primary N) is 1. The summed E-state index contributed by atoms with van der Waals surface area (Å²) in [5, 5.41) is 0.733. The Balaban J connectivity index is 2.27. The fourth-order valence-corrected chi connectivity index (χ4v) is 4.00. The number of rotatable bonds is 4. The van der Waals surface area contributed by atoms with Crippen LogP contribution in [0.15, 0.2) is 29.3 Å². The van der Waals surface area contributed by atoms with Crippen LogP contribution < -0.4 is 10.5 Å². The second-order valence-corrected chi connectivity index (χ2v) is 7.64. The highest BCUT2D eigenvalue weighted by Crippen LogP contribution is 2.24. The van der Waals surface area contributed by atoms with Crippen LogP contribution in [0.1, 0.15) is 28.4 Å². The summed E-state index contributed by atoms with van der Waals surface area (Å²) in [4.78, 5) is 5.33. The average molecular weight is 311 g/mol. The maximum Gasteiger partial charge on any atom is 0.243 e. The molecule has 0 saturated heterocycles. The number of aromatic nitrogens is 1. The van der Waals surface area contributed by atoms with Crippen LogP contribution in [-0.4, -0.2) is 13.4 Å². The zero-order valence-electron chi connectivity index (χ0n) is 11.5. The van der Waals surface area contributed by atoms with Gasteiger partial charge in [-0.05, 0) is 38.5 Å². The predicted molar refractivity (Wildman–Crippen MR) is 81.2 cm³/mol. The number of hydrogen-bond donors (Lipinski definition) is 2. The first-order valence-corrected chi connectivity index (χ1v) is 8.40.